The summed E-state index contributed by atoms with van der Waals surface area (Å²) in [7, 11) is 1.45. The first-order valence-electron chi connectivity index (χ1n) is 8.58. The lowest BCUT2D eigenvalue weighted by Gasteiger charge is -2.11. The molecule has 1 aromatic heterocycles. The first-order chi connectivity index (χ1) is 13.8. The smallest absolute Gasteiger partial charge is 0.393 e. The zero-order valence-electron chi connectivity index (χ0n) is 15.3. The minimum atomic E-state index is -4.42. The number of aromatic nitrogens is 2. The Morgan fingerprint density at radius 3 is 2.66 bits per heavy atom. The summed E-state index contributed by atoms with van der Waals surface area (Å²) in [4.78, 5) is 12.4. The molecule has 9 heteroatoms. The van der Waals surface area contributed by atoms with Gasteiger partial charge in [0.25, 0.3) is 5.91 Å². The largest absolute Gasteiger partial charge is 0.496 e. The molecule has 0 fully saturated rings. The normalized spacial score (nSPS) is 11.3. The Labute approximate surface area is 163 Å². The number of rotatable bonds is 6. The number of aromatic amines is 1. The Bertz CT molecular complexity index is 1010. The second-order valence-corrected chi connectivity index (χ2v) is 6.25. The molecular weight excluding hydrogens is 390 g/mol. The average molecular weight is 407 g/mol. The summed E-state index contributed by atoms with van der Waals surface area (Å²) in [5, 5.41) is 9.36. The zero-order chi connectivity index (χ0) is 21.0. The predicted molar refractivity (Wildman–Crippen MR) is 97.9 cm³/mol. The number of methoxy groups -OCH3 is 1. The number of nitrogens with one attached hydrogen (secondary N) is 2. The van der Waals surface area contributed by atoms with Crippen LogP contribution in [0.5, 0.6) is 5.75 Å². The third-order valence-corrected chi connectivity index (χ3v) is 4.16. The molecule has 0 unspecified atom stereocenters. The van der Waals surface area contributed by atoms with Crippen molar-refractivity contribution in [1.82, 2.24) is 15.5 Å². The van der Waals surface area contributed by atoms with E-state index < -0.39 is 24.3 Å². The van der Waals surface area contributed by atoms with Gasteiger partial charge in [0, 0.05) is 11.1 Å². The van der Waals surface area contributed by atoms with E-state index in [4.69, 9.17) is 4.74 Å². The molecule has 3 rings (SSSR count). The number of hydrogen-bond donors (Lipinski definition) is 2. The van der Waals surface area contributed by atoms with Crippen LogP contribution in [0.2, 0.25) is 0 Å². The topological polar surface area (TPSA) is 67.0 Å². The van der Waals surface area contributed by atoms with Gasteiger partial charge in [-0.15, -0.1) is 0 Å². The van der Waals surface area contributed by atoms with Crippen molar-refractivity contribution in [2.24, 2.45) is 0 Å². The highest BCUT2D eigenvalue weighted by molar-refractivity contribution is 5.95. The lowest BCUT2D eigenvalue weighted by molar-refractivity contribution is -0.127. The number of alkyl halides is 3. The van der Waals surface area contributed by atoms with Crippen molar-refractivity contribution in [3.63, 3.8) is 0 Å². The lowest BCUT2D eigenvalue weighted by atomic mass is 10.0. The molecule has 0 aliphatic rings. The molecule has 0 saturated heterocycles. The Kier molecular flexibility index (Phi) is 5.86. The second-order valence-electron chi connectivity index (χ2n) is 6.25. The molecule has 1 heterocycles. The van der Waals surface area contributed by atoms with Gasteiger partial charge in [-0.05, 0) is 35.9 Å². The van der Waals surface area contributed by atoms with Crippen LogP contribution >= 0.6 is 0 Å². The summed E-state index contributed by atoms with van der Waals surface area (Å²) in [6, 6.07) is 11.2. The Hall–Kier alpha value is -3.36. The maximum absolute atomic E-state index is 13.5. The first kappa shape index (κ1) is 20.4. The molecule has 152 valence electrons. The maximum Gasteiger partial charge on any atom is 0.393 e. The number of ether oxygens (including phenoxy) is 1. The van der Waals surface area contributed by atoms with Gasteiger partial charge in [0.1, 0.15) is 11.6 Å². The van der Waals surface area contributed by atoms with Crippen LogP contribution in [0.1, 0.15) is 21.6 Å². The van der Waals surface area contributed by atoms with Crippen LogP contribution in [-0.2, 0) is 13.0 Å². The molecule has 0 aliphatic heterocycles. The summed E-state index contributed by atoms with van der Waals surface area (Å²) < 4.78 is 56.9. The lowest BCUT2D eigenvalue weighted by Crippen LogP contribution is -2.25. The van der Waals surface area contributed by atoms with Crippen LogP contribution in [0.3, 0.4) is 0 Å². The average Bonchev–Trinajstić information content (AvgIpc) is 3.14. The van der Waals surface area contributed by atoms with Crippen molar-refractivity contribution >= 4 is 5.91 Å². The molecule has 0 aliphatic carbocycles. The minimum absolute atomic E-state index is 0.00379. The fourth-order valence-corrected chi connectivity index (χ4v) is 2.85. The molecule has 0 atom stereocenters. The van der Waals surface area contributed by atoms with Crippen molar-refractivity contribution in [2.75, 3.05) is 7.11 Å². The number of carbonyl (C=O) groups is 1. The summed E-state index contributed by atoms with van der Waals surface area (Å²) in [6.45, 7) is 0.00379. The molecule has 0 spiro atoms. The van der Waals surface area contributed by atoms with E-state index in [2.05, 4.69) is 15.5 Å². The van der Waals surface area contributed by atoms with Gasteiger partial charge >= 0.3 is 6.18 Å². The monoisotopic (exact) mass is 407 g/mol. The number of halogens is 4. The van der Waals surface area contributed by atoms with E-state index in [0.717, 1.165) is 0 Å². The standard InChI is InChI=1S/C20H17F4N3O2/c1-29-18-7-6-13(21)8-16(18)17-9-14(26-27-17)11-25-19(28)15-5-3-2-4-12(15)10-20(22,23)24/h2-9H,10-11H2,1H3,(H,25,28)(H,26,27). The molecule has 3 aromatic rings. The van der Waals surface area contributed by atoms with Crippen molar-refractivity contribution < 1.29 is 27.1 Å². The molecule has 29 heavy (non-hydrogen) atoms. The highest BCUT2D eigenvalue weighted by Gasteiger charge is 2.29. The van der Waals surface area contributed by atoms with E-state index in [1.807, 2.05) is 0 Å². The van der Waals surface area contributed by atoms with Crippen molar-refractivity contribution in [2.45, 2.75) is 19.1 Å². The molecule has 2 aromatic carbocycles. The number of nitrogens with zero attached hydrogens (tertiary/aromatic N) is 1. The second kappa shape index (κ2) is 8.34. The van der Waals surface area contributed by atoms with Crippen LogP contribution in [0.4, 0.5) is 17.6 Å². The van der Waals surface area contributed by atoms with Gasteiger partial charge in [-0.1, -0.05) is 18.2 Å². The molecule has 1 amide bonds. The number of amides is 1. The van der Waals surface area contributed by atoms with Gasteiger partial charge in [0.2, 0.25) is 0 Å². The SMILES string of the molecule is COc1ccc(F)cc1-c1cc(CNC(=O)c2ccccc2CC(F)(F)F)[nH]n1. The van der Waals surface area contributed by atoms with Crippen molar-refractivity contribution in [1.29, 1.82) is 0 Å². The van der Waals surface area contributed by atoms with E-state index in [9.17, 15) is 22.4 Å². The van der Waals surface area contributed by atoms with E-state index in [0.29, 0.717) is 22.7 Å². The molecule has 0 bridgehead atoms. The fraction of sp³-hybridized carbons (Fsp3) is 0.200. The van der Waals surface area contributed by atoms with Crippen LogP contribution in [0, 0.1) is 5.82 Å². The third kappa shape index (κ3) is 5.13. The number of benzene rings is 2. The van der Waals surface area contributed by atoms with Gasteiger partial charge in [-0.2, -0.15) is 18.3 Å². The van der Waals surface area contributed by atoms with Crippen molar-refractivity contribution in [3.05, 3.63) is 71.2 Å². The minimum Gasteiger partial charge on any atom is -0.496 e. The number of H-pyrrole nitrogens is 1. The molecular formula is C20H17F4N3O2. The predicted octanol–water partition coefficient (Wildman–Crippen LogP) is 4.26. The molecule has 0 radical (unpaired) electrons. The maximum atomic E-state index is 13.5. The fourth-order valence-electron chi connectivity index (χ4n) is 2.85. The van der Waals surface area contributed by atoms with E-state index in [1.54, 1.807) is 6.07 Å². The quantitative estimate of drug-likeness (QED) is 0.600. The van der Waals surface area contributed by atoms with Crippen LogP contribution in [0.15, 0.2) is 48.5 Å². The Balaban J connectivity index is 1.73. The first-order valence-corrected chi connectivity index (χ1v) is 8.58. The summed E-state index contributed by atoms with van der Waals surface area (Å²) >= 11 is 0. The highest BCUT2D eigenvalue weighted by Crippen LogP contribution is 2.29. The van der Waals surface area contributed by atoms with Crippen molar-refractivity contribution in [3.8, 4) is 17.0 Å². The summed E-state index contributed by atoms with van der Waals surface area (Å²) in [5.41, 5.74) is 1.18. The van der Waals surface area contributed by atoms with Gasteiger partial charge < -0.3 is 10.1 Å². The van der Waals surface area contributed by atoms with Crippen LogP contribution in [-0.4, -0.2) is 29.4 Å². The highest BCUT2D eigenvalue weighted by atomic mass is 19.4. The third-order valence-electron chi connectivity index (χ3n) is 4.16. The molecule has 2 N–H and O–H groups in total. The Morgan fingerprint density at radius 2 is 1.93 bits per heavy atom. The number of carbonyl (C=O) groups excluding carboxylic acids is 1. The summed E-state index contributed by atoms with van der Waals surface area (Å²) in [6.07, 6.45) is -5.61. The molecule has 5 nitrogen and oxygen atoms in total. The van der Waals surface area contributed by atoms with E-state index >= 15 is 0 Å². The van der Waals surface area contributed by atoms with E-state index in [1.165, 1.54) is 49.6 Å². The van der Waals surface area contributed by atoms with Gasteiger partial charge in [0.05, 0.1) is 31.5 Å². The van der Waals surface area contributed by atoms with Gasteiger partial charge in [-0.3, -0.25) is 9.89 Å². The molecule has 0 saturated carbocycles. The van der Waals surface area contributed by atoms with Crippen LogP contribution < -0.4 is 10.1 Å². The zero-order valence-corrected chi connectivity index (χ0v) is 15.3. The van der Waals surface area contributed by atoms with E-state index in [-0.39, 0.29) is 17.7 Å². The Morgan fingerprint density at radius 1 is 1.17 bits per heavy atom. The van der Waals surface area contributed by atoms with Gasteiger partial charge in [-0.25, -0.2) is 4.39 Å². The number of hydrogen-bond acceptors (Lipinski definition) is 3. The van der Waals surface area contributed by atoms with Gasteiger partial charge in [0.15, 0.2) is 0 Å². The van der Waals surface area contributed by atoms with Crippen LogP contribution in [0.25, 0.3) is 11.3 Å². The summed E-state index contributed by atoms with van der Waals surface area (Å²) in [5.74, 6) is -0.668.